The molecule has 2 fully saturated rings. The van der Waals surface area contributed by atoms with E-state index < -0.39 is 0 Å². The van der Waals surface area contributed by atoms with Crippen LogP contribution < -0.4 is 0 Å². The molecule has 6 nitrogen and oxygen atoms in total. The van der Waals surface area contributed by atoms with Gasteiger partial charge in [0.2, 0.25) is 5.65 Å². The molecule has 0 radical (unpaired) electrons. The summed E-state index contributed by atoms with van der Waals surface area (Å²) in [6.07, 6.45) is 8.99. The van der Waals surface area contributed by atoms with Gasteiger partial charge in [-0.15, -0.1) is 10.2 Å². The summed E-state index contributed by atoms with van der Waals surface area (Å²) in [4.78, 5) is 19.2. The van der Waals surface area contributed by atoms with Crippen LogP contribution in [0.2, 0.25) is 0 Å². The van der Waals surface area contributed by atoms with E-state index in [1.54, 1.807) is 0 Å². The minimum absolute atomic E-state index is 0.122. The van der Waals surface area contributed by atoms with Gasteiger partial charge in [0, 0.05) is 30.1 Å². The van der Waals surface area contributed by atoms with Crippen molar-refractivity contribution in [1.29, 1.82) is 0 Å². The quantitative estimate of drug-likeness (QED) is 0.720. The van der Waals surface area contributed by atoms with Gasteiger partial charge in [0.15, 0.2) is 0 Å². The molecule has 0 spiro atoms. The molecule has 2 aliphatic rings. The standard InChI is InChI=1S/C19H21N5O/c25-19(23-9-3-4-10-23)13-7-8-16-15(11-13)17-18(22-21-16)20-12-24(17)14-5-1-2-6-14/h7-8,11-12,14H,1-6,9-10H2. The lowest BCUT2D eigenvalue weighted by Crippen LogP contribution is -2.27. The van der Waals surface area contributed by atoms with Crippen LogP contribution in [-0.2, 0) is 0 Å². The Labute approximate surface area is 145 Å². The Morgan fingerprint density at radius 1 is 1.04 bits per heavy atom. The first kappa shape index (κ1) is 14.8. The minimum Gasteiger partial charge on any atom is -0.339 e. The Balaban J connectivity index is 1.66. The monoisotopic (exact) mass is 335 g/mol. The second kappa shape index (κ2) is 5.79. The minimum atomic E-state index is 0.122. The summed E-state index contributed by atoms with van der Waals surface area (Å²) in [5, 5.41) is 9.56. The average molecular weight is 335 g/mol. The zero-order chi connectivity index (χ0) is 16.8. The number of amides is 1. The van der Waals surface area contributed by atoms with Crippen molar-refractivity contribution in [3.05, 3.63) is 30.1 Å². The van der Waals surface area contributed by atoms with Gasteiger partial charge in [-0.1, -0.05) is 12.8 Å². The van der Waals surface area contributed by atoms with Gasteiger partial charge in [-0.05, 0) is 43.9 Å². The molecule has 5 rings (SSSR count). The fraction of sp³-hybridized carbons (Fsp3) is 0.474. The molecule has 128 valence electrons. The van der Waals surface area contributed by atoms with Crippen molar-refractivity contribution >= 4 is 28.0 Å². The van der Waals surface area contributed by atoms with Crippen molar-refractivity contribution in [1.82, 2.24) is 24.6 Å². The van der Waals surface area contributed by atoms with E-state index in [9.17, 15) is 4.79 Å². The number of hydrogen-bond acceptors (Lipinski definition) is 4. The first-order chi connectivity index (χ1) is 12.3. The zero-order valence-electron chi connectivity index (χ0n) is 14.2. The number of likely N-dealkylation sites (tertiary alicyclic amines) is 1. The number of carbonyl (C=O) groups is 1. The molecule has 0 N–H and O–H groups in total. The van der Waals surface area contributed by atoms with Crippen molar-refractivity contribution in [2.75, 3.05) is 13.1 Å². The molecule has 1 amide bonds. The summed E-state index contributed by atoms with van der Waals surface area (Å²) in [7, 11) is 0. The fourth-order valence-corrected chi connectivity index (χ4v) is 4.29. The molecule has 25 heavy (non-hydrogen) atoms. The highest BCUT2D eigenvalue weighted by molar-refractivity contribution is 6.05. The maximum atomic E-state index is 12.8. The predicted molar refractivity (Wildman–Crippen MR) is 95.5 cm³/mol. The summed E-state index contributed by atoms with van der Waals surface area (Å²) in [5.41, 5.74) is 3.26. The van der Waals surface area contributed by atoms with E-state index in [0.717, 1.165) is 47.9 Å². The third-order valence-corrected chi connectivity index (χ3v) is 5.64. The molecule has 1 aromatic carbocycles. The van der Waals surface area contributed by atoms with Gasteiger partial charge in [0.1, 0.15) is 0 Å². The SMILES string of the molecule is O=C(c1ccc2nnc3ncn(C4CCCC4)c3c2c1)N1CCCC1. The summed E-state index contributed by atoms with van der Waals surface area (Å²) in [6, 6.07) is 6.26. The number of nitrogens with zero attached hydrogens (tertiary/aromatic N) is 5. The summed E-state index contributed by atoms with van der Waals surface area (Å²) < 4.78 is 2.25. The van der Waals surface area contributed by atoms with Gasteiger partial charge >= 0.3 is 0 Å². The highest BCUT2D eigenvalue weighted by Crippen LogP contribution is 2.34. The topological polar surface area (TPSA) is 63.9 Å². The van der Waals surface area contributed by atoms with Crippen molar-refractivity contribution in [3.63, 3.8) is 0 Å². The predicted octanol–water partition coefficient (Wildman–Crippen LogP) is 3.33. The molecule has 6 heteroatoms. The number of imidazole rings is 1. The van der Waals surface area contributed by atoms with Crippen molar-refractivity contribution in [3.8, 4) is 0 Å². The molecular formula is C19H21N5O. The van der Waals surface area contributed by atoms with Gasteiger partial charge in [0.25, 0.3) is 5.91 Å². The molecular weight excluding hydrogens is 314 g/mol. The first-order valence-corrected chi connectivity index (χ1v) is 9.23. The second-order valence-corrected chi connectivity index (χ2v) is 7.19. The number of benzene rings is 1. The molecule has 3 aromatic rings. The Hall–Kier alpha value is -2.50. The van der Waals surface area contributed by atoms with E-state index in [-0.39, 0.29) is 5.91 Å². The molecule has 1 aliphatic heterocycles. The average Bonchev–Trinajstić information content (AvgIpc) is 3.41. The van der Waals surface area contributed by atoms with Crippen molar-refractivity contribution in [2.45, 2.75) is 44.6 Å². The van der Waals surface area contributed by atoms with Crippen LogP contribution in [0.25, 0.3) is 22.1 Å². The smallest absolute Gasteiger partial charge is 0.253 e. The Morgan fingerprint density at radius 2 is 1.84 bits per heavy atom. The van der Waals surface area contributed by atoms with Gasteiger partial charge in [-0.3, -0.25) is 4.79 Å². The van der Waals surface area contributed by atoms with Crippen LogP contribution in [0.4, 0.5) is 0 Å². The number of hydrogen-bond donors (Lipinski definition) is 0. The first-order valence-electron chi connectivity index (χ1n) is 9.23. The molecule has 1 saturated heterocycles. The van der Waals surface area contributed by atoms with E-state index in [4.69, 9.17) is 0 Å². The summed E-state index contributed by atoms with van der Waals surface area (Å²) in [6.45, 7) is 1.72. The Kier molecular flexibility index (Phi) is 3.43. The maximum Gasteiger partial charge on any atom is 0.253 e. The number of fused-ring (bicyclic) bond motifs is 3. The van der Waals surface area contributed by atoms with Crippen LogP contribution in [0.15, 0.2) is 24.5 Å². The van der Waals surface area contributed by atoms with E-state index in [1.807, 2.05) is 29.4 Å². The molecule has 1 aliphatic carbocycles. The van der Waals surface area contributed by atoms with Gasteiger partial charge < -0.3 is 9.47 Å². The lowest BCUT2D eigenvalue weighted by molar-refractivity contribution is 0.0793. The van der Waals surface area contributed by atoms with E-state index in [0.29, 0.717) is 11.7 Å². The van der Waals surface area contributed by atoms with Crippen LogP contribution >= 0.6 is 0 Å². The third-order valence-electron chi connectivity index (χ3n) is 5.64. The lowest BCUT2D eigenvalue weighted by Gasteiger charge is -2.16. The molecule has 2 aromatic heterocycles. The third kappa shape index (κ3) is 2.39. The Bertz CT molecular complexity index is 951. The van der Waals surface area contributed by atoms with Crippen LogP contribution in [0.1, 0.15) is 54.9 Å². The van der Waals surface area contributed by atoms with Crippen molar-refractivity contribution < 1.29 is 4.79 Å². The van der Waals surface area contributed by atoms with Crippen molar-refractivity contribution in [2.24, 2.45) is 0 Å². The van der Waals surface area contributed by atoms with E-state index in [2.05, 4.69) is 19.7 Å². The van der Waals surface area contributed by atoms with E-state index >= 15 is 0 Å². The van der Waals surface area contributed by atoms with E-state index in [1.165, 1.54) is 25.7 Å². The molecule has 0 atom stereocenters. The highest BCUT2D eigenvalue weighted by Gasteiger charge is 2.23. The van der Waals surface area contributed by atoms with Crippen LogP contribution in [-0.4, -0.2) is 43.6 Å². The number of aromatic nitrogens is 4. The zero-order valence-corrected chi connectivity index (χ0v) is 14.2. The molecule has 0 bridgehead atoms. The van der Waals surface area contributed by atoms with Gasteiger partial charge in [-0.2, -0.15) is 0 Å². The number of rotatable bonds is 2. The lowest BCUT2D eigenvalue weighted by atomic mass is 10.1. The fourth-order valence-electron chi connectivity index (χ4n) is 4.29. The molecule has 0 unspecified atom stereocenters. The highest BCUT2D eigenvalue weighted by atomic mass is 16.2. The molecule has 3 heterocycles. The normalized spacial score (nSPS) is 18.6. The van der Waals surface area contributed by atoms with Crippen LogP contribution in [0, 0.1) is 0 Å². The summed E-state index contributed by atoms with van der Waals surface area (Å²) in [5.74, 6) is 0.122. The maximum absolute atomic E-state index is 12.8. The molecule has 1 saturated carbocycles. The van der Waals surface area contributed by atoms with Crippen LogP contribution in [0.3, 0.4) is 0 Å². The Morgan fingerprint density at radius 3 is 2.64 bits per heavy atom. The van der Waals surface area contributed by atoms with Gasteiger partial charge in [0.05, 0.1) is 17.4 Å². The van der Waals surface area contributed by atoms with Gasteiger partial charge in [-0.25, -0.2) is 4.98 Å². The largest absolute Gasteiger partial charge is 0.339 e. The summed E-state index contributed by atoms with van der Waals surface area (Å²) >= 11 is 0. The van der Waals surface area contributed by atoms with Crippen LogP contribution in [0.5, 0.6) is 0 Å². The second-order valence-electron chi connectivity index (χ2n) is 7.19. The number of carbonyl (C=O) groups excluding carboxylic acids is 1.